The molecule has 2 nitrogen and oxygen atoms in total. The van der Waals surface area contributed by atoms with Crippen molar-refractivity contribution in [3.63, 3.8) is 0 Å². The molecule has 0 spiro atoms. The number of phenolic OH excluding ortho intramolecular Hbond substituents is 2. The average molecular weight is 278 g/mol. The van der Waals surface area contributed by atoms with Crippen molar-refractivity contribution >= 4 is 0 Å². The maximum atomic E-state index is 10.8. The van der Waals surface area contributed by atoms with Crippen LogP contribution in [0.4, 0.5) is 0 Å². The second-order valence-electron chi connectivity index (χ2n) is 6.79. The van der Waals surface area contributed by atoms with Gasteiger partial charge >= 0.3 is 0 Å². The Morgan fingerprint density at radius 2 is 1.40 bits per heavy atom. The van der Waals surface area contributed by atoms with E-state index in [1.165, 1.54) is 0 Å². The first kappa shape index (κ1) is 16.9. The summed E-state index contributed by atoms with van der Waals surface area (Å²) in [6.07, 6.45) is 3.91. The zero-order chi connectivity index (χ0) is 15.6. The van der Waals surface area contributed by atoms with Crippen molar-refractivity contribution in [2.45, 2.75) is 78.1 Å². The third-order valence-electron chi connectivity index (χ3n) is 4.91. The van der Waals surface area contributed by atoms with Crippen molar-refractivity contribution in [2.75, 3.05) is 0 Å². The smallest absolute Gasteiger partial charge is 0.123 e. The van der Waals surface area contributed by atoms with Crippen LogP contribution in [0.2, 0.25) is 0 Å². The summed E-state index contributed by atoms with van der Waals surface area (Å²) in [5, 5.41) is 20.9. The molecule has 2 N–H and O–H groups in total. The minimum absolute atomic E-state index is 0.0974. The molecule has 0 atom stereocenters. The summed E-state index contributed by atoms with van der Waals surface area (Å²) in [6.45, 7) is 12.8. The van der Waals surface area contributed by atoms with E-state index >= 15 is 0 Å². The van der Waals surface area contributed by atoms with Crippen molar-refractivity contribution in [2.24, 2.45) is 0 Å². The van der Waals surface area contributed by atoms with E-state index in [4.69, 9.17) is 0 Å². The van der Waals surface area contributed by atoms with Crippen molar-refractivity contribution in [1.82, 2.24) is 0 Å². The summed E-state index contributed by atoms with van der Waals surface area (Å²) in [5.74, 6) is 0.623. The van der Waals surface area contributed by atoms with Gasteiger partial charge < -0.3 is 10.2 Å². The highest BCUT2D eigenvalue weighted by Crippen LogP contribution is 2.45. The Bertz CT molecular complexity index is 457. The fraction of sp³-hybridized carbons (Fsp3) is 0.667. The Morgan fingerprint density at radius 3 is 1.85 bits per heavy atom. The first-order valence-corrected chi connectivity index (χ1v) is 7.78. The second kappa shape index (κ2) is 6.07. The summed E-state index contributed by atoms with van der Waals surface area (Å²) < 4.78 is 0. The summed E-state index contributed by atoms with van der Waals surface area (Å²) in [6, 6.07) is 3.45. The van der Waals surface area contributed by atoms with Gasteiger partial charge in [-0.15, -0.1) is 0 Å². The molecule has 0 saturated heterocycles. The van der Waals surface area contributed by atoms with Crippen molar-refractivity contribution in [1.29, 1.82) is 0 Å². The fourth-order valence-electron chi connectivity index (χ4n) is 2.99. The summed E-state index contributed by atoms with van der Waals surface area (Å²) >= 11 is 0. The van der Waals surface area contributed by atoms with Gasteiger partial charge in [0.2, 0.25) is 0 Å². The van der Waals surface area contributed by atoms with Gasteiger partial charge in [-0.1, -0.05) is 48.0 Å². The van der Waals surface area contributed by atoms with Crippen LogP contribution in [0.25, 0.3) is 0 Å². The Kier molecular flexibility index (Phi) is 5.12. The van der Waals surface area contributed by atoms with Gasteiger partial charge in [0, 0.05) is 11.1 Å². The average Bonchev–Trinajstić information content (AvgIpc) is 2.40. The number of aromatic hydroxyl groups is 2. The van der Waals surface area contributed by atoms with E-state index in [-0.39, 0.29) is 16.6 Å². The van der Waals surface area contributed by atoms with Crippen LogP contribution in [0, 0.1) is 0 Å². The van der Waals surface area contributed by atoms with Gasteiger partial charge in [0.25, 0.3) is 0 Å². The molecule has 114 valence electrons. The van der Waals surface area contributed by atoms with E-state index in [0.717, 1.165) is 36.8 Å². The largest absolute Gasteiger partial charge is 0.508 e. The number of hydrogen-bond acceptors (Lipinski definition) is 2. The van der Waals surface area contributed by atoms with Crippen LogP contribution < -0.4 is 0 Å². The second-order valence-corrected chi connectivity index (χ2v) is 6.79. The SMILES string of the molecule is CCCC(C)(C)c1cc(O)cc(C(C)(CC)CC)c1O. The van der Waals surface area contributed by atoms with E-state index in [0.29, 0.717) is 5.75 Å². The molecule has 0 aromatic heterocycles. The number of rotatable bonds is 6. The molecule has 0 aliphatic rings. The van der Waals surface area contributed by atoms with Gasteiger partial charge in [0.15, 0.2) is 0 Å². The molecule has 0 bridgehead atoms. The Balaban J connectivity index is 3.48. The number of phenols is 2. The number of benzene rings is 1. The molecule has 0 amide bonds. The van der Waals surface area contributed by atoms with E-state index in [2.05, 4.69) is 41.5 Å². The normalized spacial score (nSPS) is 12.7. The molecule has 0 fully saturated rings. The molecule has 0 heterocycles. The van der Waals surface area contributed by atoms with Crippen LogP contribution in [0.5, 0.6) is 11.5 Å². The summed E-state index contributed by atoms with van der Waals surface area (Å²) in [5.41, 5.74) is 1.51. The van der Waals surface area contributed by atoms with Gasteiger partial charge in [0.1, 0.15) is 11.5 Å². The van der Waals surface area contributed by atoms with Gasteiger partial charge in [-0.3, -0.25) is 0 Å². The number of hydrogen-bond donors (Lipinski definition) is 2. The molecule has 0 unspecified atom stereocenters. The van der Waals surface area contributed by atoms with Gasteiger partial charge in [-0.05, 0) is 42.2 Å². The van der Waals surface area contributed by atoms with Crippen LogP contribution in [0.1, 0.15) is 78.4 Å². The van der Waals surface area contributed by atoms with Crippen LogP contribution >= 0.6 is 0 Å². The molecule has 0 radical (unpaired) electrons. The van der Waals surface area contributed by atoms with E-state index in [9.17, 15) is 10.2 Å². The van der Waals surface area contributed by atoms with Gasteiger partial charge in [-0.25, -0.2) is 0 Å². The third kappa shape index (κ3) is 3.11. The molecular formula is C18H30O2. The first-order chi connectivity index (χ1) is 9.21. The van der Waals surface area contributed by atoms with Crippen molar-refractivity contribution in [3.8, 4) is 11.5 Å². The first-order valence-electron chi connectivity index (χ1n) is 7.78. The van der Waals surface area contributed by atoms with Gasteiger partial charge in [-0.2, -0.15) is 0 Å². The lowest BCUT2D eigenvalue weighted by atomic mass is 9.73. The fourth-order valence-corrected chi connectivity index (χ4v) is 2.99. The minimum atomic E-state index is -0.130. The maximum absolute atomic E-state index is 10.8. The zero-order valence-corrected chi connectivity index (χ0v) is 13.9. The standard InChI is InChI=1S/C18H30O2/c1-7-10-17(4,5)14-11-13(19)12-15(16(14)20)18(6,8-2)9-3/h11-12,19-20H,7-10H2,1-6H3. The molecule has 0 aliphatic carbocycles. The minimum Gasteiger partial charge on any atom is -0.508 e. The molecule has 1 rings (SSSR count). The topological polar surface area (TPSA) is 40.5 Å². The lowest BCUT2D eigenvalue weighted by Crippen LogP contribution is -2.23. The van der Waals surface area contributed by atoms with E-state index < -0.39 is 0 Å². The van der Waals surface area contributed by atoms with Crippen molar-refractivity contribution in [3.05, 3.63) is 23.3 Å². The Hall–Kier alpha value is -1.18. The van der Waals surface area contributed by atoms with E-state index in [1.807, 2.05) is 0 Å². The predicted molar refractivity (Wildman–Crippen MR) is 85.6 cm³/mol. The Morgan fingerprint density at radius 1 is 0.900 bits per heavy atom. The van der Waals surface area contributed by atoms with Crippen LogP contribution in [0.3, 0.4) is 0 Å². The highest BCUT2D eigenvalue weighted by Gasteiger charge is 2.31. The maximum Gasteiger partial charge on any atom is 0.123 e. The predicted octanol–water partition coefficient (Wildman–Crippen LogP) is 5.25. The van der Waals surface area contributed by atoms with Crippen LogP contribution in [-0.2, 0) is 10.8 Å². The molecule has 2 heteroatoms. The molecule has 0 aliphatic heterocycles. The molecule has 20 heavy (non-hydrogen) atoms. The van der Waals surface area contributed by atoms with Crippen molar-refractivity contribution < 1.29 is 10.2 Å². The Labute approximate surface area is 123 Å². The third-order valence-corrected chi connectivity index (χ3v) is 4.91. The summed E-state index contributed by atoms with van der Waals surface area (Å²) in [4.78, 5) is 0. The summed E-state index contributed by atoms with van der Waals surface area (Å²) in [7, 11) is 0. The monoisotopic (exact) mass is 278 g/mol. The highest BCUT2D eigenvalue weighted by atomic mass is 16.3. The highest BCUT2D eigenvalue weighted by molar-refractivity contribution is 5.52. The zero-order valence-electron chi connectivity index (χ0n) is 13.9. The molecule has 1 aromatic carbocycles. The molecule has 1 aromatic rings. The van der Waals surface area contributed by atoms with E-state index in [1.54, 1.807) is 12.1 Å². The van der Waals surface area contributed by atoms with Crippen LogP contribution in [0.15, 0.2) is 12.1 Å². The lowest BCUT2D eigenvalue weighted by molar-refractivity contribution is 0.371. The van der Waals surface area contributed by atoms with Crippen LogP contribution in [-0.4, -0.2) is 10.2 Å². The molecule has 0 saturated carbocycles. The lowest BCUT2D eigenvalue weighted by Gasteiger charge is -2.32. The quantitative estimate of drug-likeness (QED) is 0.697. The van der Waals surface area contributed by atoms with Gasteiger partial charge in [0.05, 0.1) is 0 Å². The molecular weight excluding hydrogens is 248 g/mol.